The molecule has 1 fully saturated rings. The number of nitrogens with zero attached hydrogens (tertiary/aromatic N) is 1. The second kappa shape index (κ2) is 10.6. The zero-order valence-corrected chi connectivity index (χ0v) is 18.6. The SMILES string of the molecule is COc1ccc(C(CNC(=O)c2ccc3c(c2)OCCCO3)N2CCOCC2)cc1OC. The molecule has 0 bridgehead atoms. The van der Waals surface area contributed by atoms with Gasteiger partial charge in [0.15, 0.2) is 23.0 Å². The number of benzene rings is 2. The number of morpholine rings is 1. The minimum absolute atomic E-state index is 0.0249. The highest BCUT2D eigenvalue weighted by atomic mass is 16.5. The smallest absolute Gasteiger partial charge is 0.251 e. The van der Waals surface area contributed by atoms with Gasteiger partial charge in [0.25, 0.3) is 5.91 Å². The fraction of sp³-hybridized carbons (Fsp3) is 0.458. The maximum absolute atomic E-state index is 13.0. The highest BCUT2D eigenvalue weighted by Crippen LogP contribution is 2.33. The van der Waals surface area contributed by atoms with Crippen LogP contribution in [0, 0.1) is 0 Å². The van der Waals surface area contributed by atoms with E-state index in [1.807, 2.05) is 18.2 Å². The average molecular weight is 443 g/mol. The molecular formula is C24H30N2O6. The minimum atomic E-state index is -0.153. The second-order valence-corrected chi connectivity index (χ2v) is 7.70. The average Bonchev–Trinajstić information content (AvgIpc) is 3.09. The van der Waals surface area contributed by atoms with Crippen molar-refractivity contribution in [1.29, 1.82) is 0 Å². The largest absolute Gasteiger partial charge is 0.493 e. The number of fused-ring (bicyclic) bond motifs is 1. The van der Waals surface area contributed by atoms with Gasteiger partial charge in [0.05, 0.1) is 46.7 Å². The lowest BCUT2D eigenvalue weighted by atomic mass is 10.0. The van der Waals surface area contributed by atoms with Crippen molar-refractivity contribution in [3.8, 4) is 23.0 Å². The Morgan fingerprint density at radius 3 is 2.47 bits per heavy atom. The Balaban J connectivity index is 1.51. The summed E-state index contributed by atoms with van der Waals surface area (Å²) in [5, 5.41) is 3.09. The molecule has 2 aromatic rings. The molecule has 0 radical (unpaired) electrons. The first-order chi connectivity index (χ1) is 15.7. The first kappa shape index (κ1) is 22.2. The van der Waals surface area contributed by atoms with E-state index < -0.39 is 0 Å². The number of ether oxygens (including phenoxy) is 5. The maximum Gasteiger partial charge on any atom is 0.251 e. The lowest BCUT2D eigenvalue weighted by Gasteiger charge is -2.35. The molecule has 2 aliphatic rings. The van der Waals surface area contributed by atoms with Gasteiger partial charge < -0.3 is 29.0 Å². The van der Waals surface area contributed by atoms with E-state index in [1.54, 1.807) is 32.4 Å². The van der Waals surface area contributed by atoms with Crippen molar-refractivity contribution in [2.24, 2.45) is 0 Å². The molecule has 2 aliphatic heterocycles. The number of hydrogen-bond acceptors (Lipinski definition) is 7. The van der Waals surface area contributed by atoms with Crippen molar-refractivity contribution in [2.45, 2.75) is 12.5 Å². The molecular weight excluding hydrogens is 412 g/mol. The Morgan fingerprint density at radius 2 is 1.72 bits per heavy atom. The van der Waals surface area contributed by atoms with E-state index in [9.17, 15) is 4.79 Å². The van der Waals surface area contributed by atoms with Gasteiger partial charge in [-0.25, -0.2) is 0 Å². The number of carbonyl (C=O) groups excluding carboxylic acids is 1. The van der Waals surface area contributed by atoms with Crippen molar-refractivity contribution in [3.05, 3.63) is 47.5 Å². The predicted octanol–water partition coefficient (Wildman–Crippen LogP) is 2.67. The molecule has 0 saturated carbocycles. The summed E-state index contributed by atoms with van der Waals surface area (Å²) in [6, 6.07) is 11.2. The van der Waals surface area contributed by atoms with Crippen LogP contribution in [0.25, 0.3) is 0 Å². The summed E-state index contributed by atoms with van der Waals surface area (Å²) in [5.74, 6) is 2.47. The van der Waals surface area contributed by atoms with Crippen LogP contribution in [0.1, 0.15) is 28.4 Å². The van der Waals surface area contributed by atoms with Gasteiger partial charge in [0, 0.05) is 31.6 Å². The Labute approximate surface area is 188 Å². The zero-order valence-electron chi connectivity index (χ0n) is 18.6. The summed E-state index contributed by atoms with van der Waals surface area (Å²) < 4.78 is 27.8. The maximum atomic E-state index is 13.0. The molecule has 1 N–H and O–H groups in total. The monoisotopic (exact) mass is 442 g/mol. The van der Waals surface area contributed by atoms with E-state index in [0.717, 1.165) is 25.1 Å². The van der Waals surface area contributed by atoms with Gasteiger partial charge in [0.2, 0.25) is 0 Å². The zero-order chi connectivity index (χ0) is 22.3. The standard InChI is InChI=1S/C24H30N2O6/c1-28-20-6-4-17(14-22(20)29-2)19(26-8-12-30-13-9-26)16-25-24(27)18-5-7-21-23(15-18)32-11-3-10-31-21/h4-7,14-15,19H,3,8-13,16H2,1-2H3,(H,25,27). The van der Waals surface area contributed by atoms with Gasteiger partial charge in [-0.1, -0.05) is 6.07 Å². The molecule has 172 valence electrons. The van der Waals surface area contributed by atoms with Crippen molar-refractivity contribution in [3.63, 3.8) is 0 Å². The molecule has 1 atom stereocenters. The van der Waals surface area contributed by atoms with Crippen molar-refractivity contribution in [2.75, 3.05) is 60.3 Å². The highest BCUT2D eigenvalue weighted by Gasteiger charge is 2.25. The summed E-state index contributed by atoms with van der Waals surface area (Å²) in [4.78, 5) is 15.3. The molecule has 8 nitrogen and oxygen atoms in total. The summed E-state index contributed by atoms with van der Waals surface area (Å²) in [6.07, 6.45) is 0.822. The number of nitrogens with one attached hydrogen (secondary N) is 1. The Morgan fingerprint density at radius 1 is 0.969 bits per heavy atom. The van der Waals surface area contributed by atoms with Crippen LogP contribution >= 0.6 is 0 Å². The number of hydrogen-bond donors (Lipinski definition) is 1. The highest BCUT2D eigenvalue weighted by molar-refractivity contribution is 5.94. The van der Waals surface area contributed by atoms with Crippen LogP contribution in [0.4, 0.5) is 0 Å². The first-order valence-corrected chi connectivity index (χ1v) is 10.9. The molecule has 0 aromatic heterocycles. The van der Waals surface area contributed by atoms with Gasteiger partial charge in [-0.3, -0.25) is 9.69 Å². The van der Waals surface area contributed by atoms with Crippen LogP contribution in [-0.4, -0.2) is 71.1 Å². The second-order valence-electron chi connectivity index (χ2n) is 7.70. The van der Waals surface area contributed by atoms with E-state index in [-0.39, 0.29) is 11.9 Å². The van der Waals surface area contributed by atoms with Gasteiger partial charge in [-0.05, 0) is 35.9 Å². The first-order valence-electron chi connectivity index (χ1n) is 10.9. The van der Waals surface area contributed by atoms with Crippen LogP contribution in [0.5, 0.6) is 23.0 Å². The summed E-state index contributed by atoms with van der Waals surface area (Å²) in [5.41, 5.74) is 1.59. The molecule has 2 aromatic carbocycles. The predicted molar refractivity (Wildman–Crippen MR) is 119 cm³/mol. The Kier molecular flexibility index (Phi) is 7.34. The van der Waals surface area contributed by atoms with Crippen molar-refractivity contribution >= 4 is 5.91 Å². The normalized spacial score (nSPS) is 17.2. The van der Waals surface area contributed by atoms with Crippen LogP contribution in [0.3, 0.4) is 0 Å². The third-order valence-corrected chi connectivity index (χ3v) is 5.74. The van der Waals surface area contributed by atoms with E-state index >= 15 is 0 Å². The Hall–Kier alpha value is -2.97. The third-order valence-electron chi connectivity index (χ3n) is 5.74. The van der Waals surface area contributed by atoms with Gasteiger partial charge in [0.1, 0.15) is 0 Å². The lowest BCUT2D eigenvalue weighted by molar-refractivity contribution is 0.0162. The summed E-state index contributed by atoms with van der Waals surface area (Å²) >= 11 is 0. The van der Waals surface area contributed by atoms with E-state index in [1.165, 1.54) is 0 Å². The fourth-order valence-corrected chi connectivity index (χ4v) is 4.00. The molecule has 1 amide bonds. The third kappa shape index (κ3) is 5.08. The van der Waals surface area contributed by atoms with Gasteiger partial charge >= 0.3 is 0 Å². The van der Waals surface area contributed by atoms with Crippen LogP contribution in [0.2, 0.25) is 0 Å². The van der Waals surface area contributed by atoms with Crippen LogP contribution < -0.4 is 24.3 Å². The lowest BCUT2D eigenvalue weighted by Crippen LogP contribution is -2.43. The molecule has 0 aliphatic carbocycles. The topological polar surface area (TPSA) is 78.5 Å². The van der Waals surface area contributed by atoms with Crippen molar-refractivity contribution in [1.82, 2.24) is 10.2 Å². The molecule has 32 heavy (non-hydrogen) atoms. The van der Waals surface area contributed by atoms with Crippen LogP contribution in [0.15, 0.2) is 36.4 Å². The molecule has 2 heterocycles. The van der Waals surface area contributed by atoms with Crippen molar-refractivity contribution < 1.29 is 28.5 Å². The Bertz CT molecular complexity index is 929. The number of methoxy groups -OCH3 is 2. The van der Waals surface area contributed by atoms with Gasteiger partial charge in [-0.15, -0.1) is 0 Å². The molecule has 1 unspecified atom stereocenters. The fourth-order valence-electron chi connectivity index (χ4n) is 4.00. The minimum Gasteiger partial charge on any atom is -0.493 e. The van der Waals surface area contributed by atoms with Crippen LogP contribution in [-0.2, 0) is 4.74 Å². The van der Waals surface area contributed by atoms with E-state index in [4.69, 9.17) is 23.7 Å². The molecule has 4 rings (SSSR count). The summed E-state index contributed by atoms with van der Waals surface area (Å²) in [6.45, 7) is 4.56. The van der Waals surface area contributed by atoms with E-state index in [2.05, 4.69) is 10.2 Å². The molecule has 8 heteroatoms. The molecule has 0 spiro atoms. The number of carbonyl (C=O) groups is 1. The number of rotatable bonds is 7. The quantitative estimate of drug-likeness (QED) is 0.706. The number of amides is 1. The molecule has 1 saturated heterocycles. The van der Waals surface area contributed by atoms with Gasteiger partial charge in [-0.2, -0.15) is 0 Å². The summed E-state index contributed by atoms with van der Waals surface area (Å²) in [7, 11) is 3.24. The van der Waals surface area contributed by atoms with E-state index in [0.29, 0.717) is 61.5 Å².